The summed E-state index contributed by atoms with van der Waals surface area (Å²) in [5.41, 5.74) is 1.14. The van der Waals surface area contributed by atoms with Crippen molar-refractivity contribution in [3.05, 3.63) is 24.3 Å². The minimum absolute atomic E-state index is 0.825. The number of hydrogen-bond acceptors (Lipinski definition) is 4. The minimum Gasteiger partial charge on any atom is -0.348 e. The SMILES string of the molecule is c1ccc2sc(N3CCC4CNCC4C3)nc2c1. The van der Waals surface area contributed by atoms with Gasteiger partial charge in [0, 0.05) is 13.1 Å². The van der Waals surface area contributed by atoms with Gasteiger partial charge in [-0.3, -0.25) is 0 Å². The number of piperidine rings is 1. The van der Waals surface area contributed by atoms with Crippen molar-refractivity contribution in [2.24, 2.45) is 11.8 Å². The molecule has 2 aliphatic heterocycles. The molecule has 1 aromatic carbocycles. The monoisotopic (exact) mass is 259 g/mol. The van der Waals surface area contributed by atoms with Crippen LogP contribution in [0.1, 0.15) is 6.42 Å². The first-order valence-corrected chi connectivity index (χ1v) is 7.53. The van der Waals surface area contributed by atoms with Gasteiger partial charge in [-0.25, -0.2) is 4.98 Å². The van der Waals surface area contributed by atoms with E-state index in [9.17, 15) is 0 Å². The van der Waals surface area contributed by atoms with E-state index < -0.39 is 0 Å². The predicted octanol–water partition coefficient (Wildman–Crippen LogP) is 2.34. The fraction of sp³-hybridized carbons (Fsp3) is 0.500. The van der Waals surface area contributed by atoms with Gasteiger partial charge < -0.3 is 10.2 Å². The van der Waals surface area contributed by atoms with Crippen LogP contribution in [0.25, 0.3) is 10.2 Å². The van der Waals surface area contributed by atoms with Gasteiger partial charge >= 0.3 is 0 Å². The van der Waals surface area contributed by atoms with E-state index in [0.717, 1.165) is 17.4 Å². The standard InChI is InChI=1S/C14H17N3S/c1-2-4-13-12(3-1)16-14(18-13)17-6-5-10-7-15-8-11(10)9-17/h1-4,10-11,15H,5-9H2. The summed E-state index contributed by atoms with van der Waals surface area (Å²) in [6.07, 6.45) is 1.31. The molecule has 2 aliphatic rings. The molecule has 1 N–H and O–H groups in total. The first-order valence-electron chi connectivity index (χ1n) is 6.71. The first kappa shape index (κ1) is 10.8. The summed E-state index contributed by atoms with van der Waals surface area (Å²) in [4.78, 5) is 7.26. The Morgan fingerprint density at radius 1 is 1.22 bits per heavy atom. The number of anilines is 1. The van der Waals surface area contributed by atoms with Gasteiger partial charge in [0.15, 0.2) is 5.13 Å². The Balaban J connectivity index is 1.62. The van der Waals surface area contributed by atoms with Crippen LogP contribution in [-0.2, 0) is 0 Å². The molecular weight excluding hydrogens is 242 g/mol. The molecule has 0 spiro atoms. The number of para-hydroxylation sites is 1. The molecule has 0 amide bonds. The Bertz CT molecular complexity index is 532. The summed E-state index contributed by atoms with van der Waals surface area (Å²) in [7, 11) is 0. The maximum absolute atomic E-state index is 4.77. The maximum atomic E-state index is 4.77. The molecule has 4 heteroatoms. The number of rotatable bonds is 1. The van der Waals surface area contributed by atoms with Gasteiger partial charge in [-0.2, -0.15) is 0 Å². The van der Waals surface area contributed by atoms with Gasteiger partial charge in [0.2, 0.25) is 0 Å². The summed E-state index contributed by atoms with van der Waals surface area (Å²) in [5, 5.41) is 4.73. The van der Waals surface area contributed by atoms with Crippen molar-refractivity contribution in [3.8, 4) is 0 Å². The fourth-order valence-electron chi connectivity index (χ4n) is 3.20. The lowest BCUT2D eigenvalue weighted by atomic mass is 9.89. The van der Waals surface area contributed by atoms with Gasteiger partial charge in [0.1, 0.15) is 0 Å². The molecule has 2 atom stereocenters. The van der Waals surface area contributed by atoms with E-state index in [2.05, 4.69) is 34.5 Å². The van der Waals surface area contributed by atoms with E-state index in [1.807, 2.05) is 11.3 Å². The highest BCUT2D eigenvalue weighted by atomic mass is 32.1. The van der Waals surface area contributed by atoms with Crippen LogP contribution in [0, 0.1) is 11.8 Å². The number of nitrogens with zero attached hydrogens (tertiary/aromatic N) is 2. The number of fused-ring (bicyclic) bond motifs is 2. The predicted molar refractivity (Wildman–Crippen MR) is 76.3 cm³/mol. The molecule has 18 heavy (non-hydrogen) atoms. The maximum Gasteiger partial charge on any atom is 0.186 e. The number of nitrogens with one attached hydrogen (secondary N) is 1. The average molecular weight is 259 g/mol. The highest BCUT2D eigenvalue weighted by Crippen LogP contribution is 2.34. The average Bonchev–Trinajstić information content (AvgIpc) is 3.04. The zero-order chi connectivity index (χ0) is 11.9. The molecule has 2 unspecified atom stereocenters. The number of benzene rings is 1. The summed E-state index contributed by atoms with van der Waals surface area (Å²) in [5.74, 6) is 1.72. The van der Waals surface area contributed by atoms with Crippen LogP contribution in [0.5, 0.6) is 0 Å². The highest BCUT2D eigenvalue weighted by Gasteiger charge is 2.33. The van der Waals surface area contributed by atoms with E-state index in [4.69, 9.17) is 4.98 Å². The molecular formula is C14H17N3S. The van der Waals surface area contributed by atoms with Crippen molar-refractivity contribution in [2.75, 3.05) is 31.1 Å². The summed E-state index contributed by atoms with van der Waals surface area (Å²) < 4.78 is 1.30. The molecule has 94 valence electrons. The van der Waals surface area contributed by atoms with Crippen LogP contribution in [0.15, 0.2) is 24.3 Å². The van der Waals surface area contributed by atoms with E-state index in [-0.39, 0.29) is 0 Å². The van der Waals surface area contributed by atoms with Gasteiger partial charge in [0.25, 0.3) is 0 Å². The smallest absolute Gasteiger partial charge is 0.186 e. The summed E-state index contributed by atoms with van der Waals surface area (Å²) >= 11 is 1.83. The first-order chi connectivity index (χ1) is 8.90. The lowest BCUT2D eigenvalue weighted by molar-refractivity contribution is 0.349. The Morgan fingerprint density at radius 2 is 2.11 bits per heavy atom. The molecule has 2 aromatic rings. The third kappa shape index (κ3) is 1.71. The second-order valence-electron chi connectivity index (χ2n) is 5.38. The molecule has 1 aromatic heterocycles. The molecule has 3 heterocycles. The lowest BCUT2D eigenvalue weighted by Crippen LogP contribution is -2.39. The van der Waals surface area contributed by atoms with Gasteiger partial charge in [-0.05, 0) is 43.5 Å². The Kier molecular flexibility index (Phi) is 2.52. The third-order valence-corrected chi connectivity index (χ3v) is 5.35. The van der Waals surface area contributed by atoms with Crippen molar-refractivity contribution in [2.45, 2.75) is 6.42 Å². The number of aromatic nitrogens is 1. The van der Waals surface area contributed by atoms with Crippen LogP contribution in [0.3, 0.4) is 0 Å². The quantitative estimate of drug-likeness (QED) is 0.852. The van der Waals surface area contributed by atoms with E-state index in [1.165, 1.54) is 42.4 Å². The van der Waals surface area contributed by atoms with Crippen molar-refractivity contribution < 1.29 is 0 Å². The fourth-order valence-corrected chi connectivity index (χ4v) is 4.20. The van der Waals surface area contributed by atoms with Crippen molar-refractivity contribution >= 4 is 26.7 Å². The van der Waals surface area contributed by atoms with Crippen molar-refractivity contribution in [1.29, 1.82) is 0 Å². The number of thiazole rings is 1. The molecule has 2 fully saturated rings. The topological polar surface area (TPSA) is 28.2 Å². The molecule has 2 saturated heterocycles. The van der Waals surface area contributed by atoms with Gasteiger partial charge in [0.05, 0.1) is 10.2 Å². The van der Waals surface area contributed by atoms with E-state index >= 15 is 0 Å². The van der Waals surface area contributed by atoms with Crippen LogP contribution in [0.4, 0.5) is 5.13 Å². The highest BCUT2D eigenvalue weighted by molar-refractivity contribution is 7.22. The second-order valence-corrected chi connectivity index (χ2v) is 6.39. The number of hydrogen-bond donors (Lipinski definition) is 1. The van der Waals surface area contributed by atoms with Gasteiger partial charge in [-0.1, -0.05) is 23.5 Å². The Hall–Kier alpha value is -1.13. The molecule has 4 rings (SSSR count). The minimum atomic E-state index is 0.825. The second kappa shape index (κ2) is 4.21. The largest absolute Gasteiger partial charge is 0.348 e. The molecule has 0 aliphatic carbocycles. The summed E-state index contributed by atoms with van der Waals surface area (Å²) in [6, 6.07) is 8.44. The van der Waals surface area contributed by atoms with E-state index in [0.29, 0.717) is 0 Å². The van der Waals surface area contributed by atoms with Crippen LogP contribution in [-0.4, -0.2) is 31.2 Å². The van der Waals surface area contributed by atoms with Crippen LogP contribution >= 0.6 is 11.3 Å². The van der Waals surface area contributed by atoms with Gasteiger partial charge in [-0.15, -0.1) is 0 Å². The van der Waals surface area contributed by atoms with Crippen LogP contribution < -0.4 is 10.2 Å². The Labute approximate surface area is 111 Å². The Morgan fingerprint density at radius 3 is 3.06 bits per heavy atom. The van der Waals surface area contributed by atoms with E-state index in [1.54, 1.807) is 0 Å². The van der Waals surface area contributed by atoms with Crippen molar-refractivity contribution in [3.63, 3.8) is 0 Å². The molecule has 0 saturated carbocycles. The normalized spacial score (nSPS) is 27.7. The molecule has 3 nitrogen and oxygen atoms in total. The summed E-state index contributed by atoms with van der Waals surface area (Å²) in [6.45, 7) is 4.75. The zero-order valence-corrected chi connectivity index (χ0v) is 11.1. The lowest BCUT2D eigenvalue weighted by Gasteiger charge is -2.34. The van der Waals surface area contributed by atoms with Crippen LogP contribution in [0.2, 0.25) is 0 Å². The molecule has 0 bridgehead atoms. The van der Waals surface area contributed by atoms with Crippen molar-refractivity contribution in [1.82, 2.24) is 10.3 Å². The zero-order valence-electron chi connectivity index (χ0n) is 10.3. The molecule has 0 radical (unpaired) electrons. The third-order valence-electron chi connectivity index (χ3n) is 4.26.